The molecule has 0 bridgehead atoms. The Kier molecular flexibility index (Phi) is 5.77. The molecule has 1 aliphatic rings. The molecular weight excluding hydrogens is 413 g/mol. The Morgan fingerprint density at radius 3 is 2.43 bits per heavy atom. The number of benzene rings is 2. The van der Waals surface area contributed by atoms with Crippen molar-refractivity contribution in [2.24, 2.45) is 5.92 Å². The number of thioether (sulfide) groups is 1. The van der Waals surface area contributed by atoms with Gasteiger partial charge in [-0.05, 0) is 73.0 Å². The summed E-state index contributed by atoms with van der Waals surface area (Å²) in [6.45, 7) is 1.47. The normalized spacial score (nSPS) is 16.9. The van der Waals surface area contributed by atoms with Crippen molar-refractivity contribution >= 4 is 27.7 Å². The topological polar surface area (TPSA) is 60.4 Å². The minimum Gasteiger partial charge on any atom is -0.382 e. The SMILES string of the molecule is CCS(=O)(=O)Oc1ccc2c(c1)CC(Cc1ccc(SC(F)(F)F)cc1)C2=O. The largest absolute Gasteiger partial charge is 0.446 e. The monoisotopic (exact) mass is 430 g/mol. The maximum Gasteiger partial charge on any atom is 0.446 e. The van der Waals surface area contributed by atoms with Gasteiger partial charge in [-0.15, -0.1) is 0 Å². The van der Waals surface area contributed by atoms with E-state index >= 15 is 0 Å². The van der Waals surface area contributed by atoms with Crippen molar-refractivity contribution in [3.63, 3.8) is 0 Å². The predicted octanol–water partition coefficient (Wildman–Crippen LogP) is 4.62. The zero-order valence-corrected chi connectivity index (χ0v) is 16.5. The summed E-state index contributed by atoms with van der Waals surface area (Å²) in [6.07, 6.45) is 0.824. The fraction of sp³-hybridized carbons (Fsp3) is 0.316. The molecule has 3 rings (SSSR count). The molecule has 2 aromatic carbocycles. The summed E-state index contributed by atoms with van der Waals surface area (Å²) >= 11 is -0.180. The lowest BCUT2D eigenvalue weighted by Crippen LogP contribution is -2.12. The maximum absolute atomic E-state index is 12.6. The van der Waals surface area contributed by atoms with Gasteiger partial charge in [0, 0.05) is 16.4 Å². The average molecular weight is 430 g/mol. The molecule has 0 spiro atoms. The molecular formula is C19H17F3O4S2. The van der Waals surface area contributed by atoms with Crippen LogP contribution in [0.2, 0.25) is 0 Å². The molecule has 0 aromatic heterocycles. The minimum absolute atomic E-state index is 0.0614. The molecule has 150 valence electrons. The molecule has 0 saturated carbocycles. The van der Waals surface area contributed by atoms with Crippen LogP contribution in [0.25, 0.3) is 0 Å². The third-order valence-electron chi connectivity index (χ3n) is 4.40. The molecule has 28 heavy (non-hydrogen) atoms. The van der Waals surface area contributed by atoms with Crippen LogP contribution in [0.3, 0.4) is 0 Å². The highest BCUT2D eigenvalue weighted by Gasteiger charge is 2.32. The van der Waals surface area contributed by atoms with E-state index in [4.69, 9.17) is 4.18 Å². The Hall–Kier alpha value is -2.00. The molecule has 0 radical (unpaired) electrons. The number of hydrogen-bond donors (Lipinski definition) is 0. The van der Waals surface area contributed by atoms with Gasteiger partial charge in [0.2, 0.25) is 0 Å². The van der Waals surface area contributed by atoms with Crippen LogP contribution in [0, 0.1) is 5.92 Å². The minimum atomic E-state index is -4.34. The molecule has 2 aromatic rings. The Bertz CT molecular complexity index is 983. The highest BCUT2D eigenvalue weighted by Crippen LogP contribution is 2.37. The lowest BCUT2D eigenvalue weighted by molar-refractivity contribution is -0.0328. The van der Waals surface area contributed by atoms with Crippen LogP contribution in [-0.2, 0) is 23.0 Å². The first-order chi connectivity index (χ1) is 13.1. The smallest absolute Gasteiger partial charge is 0.382 e. The van der Waals surface area contributed by atoms with Crippen molar-refractivity contribution in [1.82, 2.24) is 0 Å². The van der Waals surface area contributed by atoms with E-state index in [1.807, 2.05) is 0 Å². The molecule has 0 amide bonds. The van der Waals surface area contributed by atoms with Crippen molar-refractivity contribution in [1.29, 1.82) is 0 Å². The molecule has 0 heterocycles. The van der Waals surface area contributed by atoms with Gasteiger partial charge in [-0.1, -0.05) is 12.1 Å². The van der Waals surface area contributed by atoms with Crippen LogP contribution in [-0.4, -0.2) is 25.5 Å². The van der Waals surface area contributed by atoms with Crippen LogP contribution in [0.15, 0.2) is 47.4 Å². The number of rotatable bonds is 6. The number of ketones is 1. The highest BCUT2D eigenvalue weighted by molar-refractivity contribution is 8.00. The zero-order chi connectivity index (χ0) is 20.5. The summed E-state index contributed by atoms with van der Waals surface area (Å²) in [5.74, 6) is -0.390. The third-order valence-corrected chi connectivity index (χ3v) is 6.29. The number of Topliss-reactive ketones (excluding diaryl/α,β-unsaturated/α-hetero) is 1. The number of carbonyl (C=O) groups excluding carboxylic acids is 1. The quantitative estimate of drug-likeness (QED) is 0.494. The fourth-order valence-corrected chi connectivity index (χ4v) is 4.15. The third kappa shape index (κ3) is 5.08. The Morgan fingerprint density at radius 2 is 1.82 bits per heavy atom. The van der Waals surface area contributed by atoms with Crippen LogP contribution in [0.4, 0.5) is 13.2 Å². The molecule has 1 atom stereocenters. The summed E-state index contributed by atoms with van der Waals surface area (Å²) < 4.78 is 65.4. The summed E-state index contributed by atoms with van der Waals surface area (Å²) in [5.41, 5.74) is -2.34. The Morgan fingerprint density at radius 1 is 1.14 bits per heavy atom. The first-order valence-electron chi connectivity index (χ1n) is 8.50. The van der Waals surface area contributed by atoms with E-state index < -0.39 is 15.6 Å². The summed E-state index contributed by atoms with van der Waals surface area (Å²) in [7, 11) is -3.65. The highest BCUT2D eigenvalue weighted by atomic mass is 32.2. The van der Waals surface area contributed by atoms with E-state index in [1.54, 1.807) is 24.3 Å². The van der Waals surface area contributed by atoms with Crippen molar-refractivity contribution < 1.29 is 30.6 Å². The summed E-state index contributed by atoms with van der Waals surface area (Å²) in [6, 6.07) is 10.5. The molecule has 0 saturated heterocycles. The van der Waals surface area contributed by atoms with Gasteiger partial charge < -0.3 is 4.18 Å². The Labute approximate surface area is 165 Å². The maximum atomic E-state index is 12.6. The molecule has 1 aliphatic carbocycles. The van der Waals surface area contributed by atoms with Gasteiger partial charge in [-0.2, -0.15) is 21.6 Å². The van der Waals surface area contributed by atoms with Crippen LogP contribution in [0.1, 0.15) is 28.4 Å². The lowest BCUT2D eigenvalue weighted by atomic mass is 9.96. The van der Waals surface area contributed by atoms with E-state index in [1.165, 1.54) is 25.1 Å². The van der Waals surface area contributed by atoms with Crippen molar-refractivity contribution in [2.45, 2.75) is 30.2 Å². The van der Waals surface area contributed by atoms with Gasteiger partial charge in [0.15, 0.2) is 5.78 Å². The van der Waals surface area contributed by atoms with Crippen molar-refractivity contribution in [3.05, 3.63) is 59.2 Å². The number of halogens is 3. The number of hydrogen-bond acceptors (Lipinski definition) is 5. The summed E-state index contributed by atoms with van der Waals surface area (Å²) in [5, 5.41) is 0. The van der Waals surface area contributed by atoms with Crippen molar-refractivity contribution in [3.8, 4) is 5.75 Å². The average Bonchev–Trinajstić information content (AvgIpc) is 2.90. The molecule has 0 aliphatic heterocycles. The van der Waals surface area contributed by atoms with Crippen LogP contribution in [0.5, 0.6) is 5.75 Å². The molecule has 0 fully saturated rings. The van der Waals surface area contributed by atoms with E-state index in [0.29, 0.717) is 24.0 Å². The van der Waals surface area contributed by atoms with Gasteiger partial charge in [0.25, 0.3) is 0 Å². The summed E-state index contributed by atoms with van der Waals surface area (Å²) in [4.78, 5) is 12.7. The van der Waals surface area contributed by atoms with Crippen LogP contribution < -0.4 is 4.18 Å². The van der Waals surface area contributed by atoms with E-state index in [2.05, 4.69) is 0 Å². The van der Waals surface area contributed by atoms with Crippen LogP contribution >= 0.6 is 11.8 Å². The standard InChI is InChI=1S/C19H17F3O4S2/c1-2-28(24,25)26-15-5-8-17-13(11-15)10-14(18(17)23)9-12-3-6-16(7-4-12)27-19(20,21)22/h3-8,11,14H,2,9-10H2,1H3. The first kappa shape index (κ1) is 20.7. The predicted molar refractivity (Wildman–Crippen MR) is 100 cm³/mol. The van der Waals surface area contributed by atoms with Gasteiger partial charge in [0.1, 0.15) is 5.75 Å². The molecule has 1 unspecified atom stereocenters. The van der Waals surface area contributed by atoms with E-state index in [9.17, 15) is 26.4 Å². The molecule has 4 nitrogen and oxygen atoms in total. The first-order valence-corrected chi connectivity index (χ1v) is 10.9. The second-order valence-corrected chi connectivity index (χ2v) is 9.41. The van der Waals surface area contributed by atoms with Gasteiger partial charge >= 0.3 is 15.6 Å². The van der Waals surface area contributed by atoms with E-state index in [-0.39, 0.29) is 39.9 Å². The number of alkyl halides is 3. The number of fused-ring (bicyclic) bond motifs is 1. The lowest BCUT2D eigenvalue weighted by Gasteiger charge is -2.09. The van der Waals surface area contributed by atoms with Gasteiger partial charge in [-0.3, -0.25) is 4.79 Å². The molecule has 9 heteroatoms. The van der Waals surface area contributed by atoms with E-state index in [0.717, 1.165) is 5.56 Å². The van der Waals surface area contributed by atoms with Gasteiger partial charge in [-0.25, -0.2) is 0 Å². The second-order valence-electron chi connectivity index (χ2n) is 6.41. The fourth-order valence-electron chi connectivity index (χ4n) is 3.09. The zero-order valence-electron chi connectivity index (χ0n) is 14.8. The Balaban J connectivity index is 1.70. The van der Waals surface area contributed by atoms with Gasteiger partial charge in [0.05, 0.1) is 5.75 Å². The number of carbonyl (C=O) groups is 1. The van der Waals surface area contributed by atoms with Crippen molar-refractivity contribution in [2.75, 3.05) is 5.75 Å². The molecule has 0 N–H and O–H groups in total. The second kappa shape index (κ2) is 7.79.